The molecule has 112 valence electrons. The second kappa shape index (κ2) is 8.05. The molecule has 0 atom stereocenters. The van der Waals surface area contributed by atoms with E-state index in [4.69, 9.17) is 4.74 Å². The first-order valence-corrected chi connectivity index (χ1v) is 8.19. The molecule has 1 heterocycles. The van der Waals surface area contributed by atoms with Crippen molar-refractivity contribution in [3.63, 3.8) is 0 Å². The third-order valence-electron chi connectivity index (χ3n) is 2.91. The summed E-state index contributed by atoms with van der Waals surface area (Å²) in [7, 11) is 3.45. The van der Waals surface area contributed by atoms with Crippen LogP contribution in [0.5, 0.6) is 5.75 Å². The standard InChI is InChI=1S/C15H18BrN3OS/c1-17-15(19-9-13-7-12(16)10-21-13)18-8-11-5-3-4-6-14(11)20-2/h3-7,10H,8-9H2,1-2H3,(H2,17,18,19). The highest BCUT2D eigenvalue weighted by atomic mass is 79.9. The molecule has 1 aromatic heterocycles. The van der Waals surface area contributed by atoms with Gasteiger partial charge in [0.25, 0.3) is 0 Å². The molecule has 2 aromatic rings. The molecule has 0 amide bonds. The molecule has 2 rings (SSSR count). The Morgan fingerprint density at radius 1 is 1.29 bits per heavy atom. The lowest BCUT2D eigenvalue weighted by Gasteiger charge is -2.13. The highest BCUT2D eigenvalue weighted by molar-refractivity contribution is 9.10. The smallest absolute Gasteiger partial charge is 0.191 e. The fraction of sp³-hybridized carbons (Fsp3) is 0.267. The monoisotopic (exact) mass is 367 g/mol. The quantitative estimate of drug-likeness (QED) is 0.628. The fourth-order valence-electron chi connectivity index (χ4n) is 1.87. The predicted molar refractivity (Wildman–Crippen MR) is 92.1 cm³/mol. The number of nitrogens with zero attached hydrogens (tertiary/aromatic N) is 1. The number of ether oxygens (including phenoxy) is 1. The lowest BCUT2D eigenvalue weighted by atomic mass is 10.2. The van der Waals surface area contributed by atoms with E-state index in [0.29, 0.717) is 6.54 Å². The second-order valence-corrected chi connectivity index (χ2v) is 6.23. The van der Waals surface area contributed by atoms with Gasteiger partial charge in [0.15, 0.2) is 5.96 Å². The molecule has 1 aromatic carbocycles. The predicted octanol–water partition coefficient (Wildman–Crippen LogP) is 3.38. The molecule has 0 saturated carbocycles. The Labute approximate surface area is 137 Å². The van der Waals surface area contributed by atoms with Gasteiger partial charge in [0, 0.05) is 33.9 Å². The van der Waals surface area contributed by atoms with Crippen molar-refractivity contribution in [2.24, 2.45) is 4.99 Å². The van der Waals surface area contributed by atoms with E-state index in [9.17, 15) is 0 Å². The number of aliphatic imine (C=N–C) groups is 1. The molecule has 0 aliphatic rings. The van der Waals surface area contributed by atoms with Crippen LogP contribution in [-0.2, 0) is 13.1 Å². The number of hydrogen-bond donors (Lipinski definition) is 2. The zero-order valence-corrected chi connectivity index (χ0v) is 14.4. The van der Waals surface area contributed by atoms with Crippen molar-refractivity contribution in [1.82, 2.24) is 10.6 Å². The molecule has 0 radical (unpaired) electrons. The summed E-state index contributed by atoms with van der Waals surface area (Å²) in [5, 5.41) is 8.66. The molecule has 0 unspecified atom stereocenters. The lowest BCUT2D eigenvalue weighted by molar-refractivity contribution is 0.409. The summed E-state index contributed by atoms with van der Waals surface area (Å²) in [5.41, 5.74) is 1.10. The van der Waals surface area contributed by atoms with Gasteiger partial charge in [-0.15, -0.1) is 11.3 Å². The van der Waals surface area contributed by atoms with Gasteiger partial charge in [-0.05, 0) is 28.1 Å². The third-order valence-corrected chi connectivity index (χ3v) is 4.61. The molecule has 21 heavy (non-hydrogen) atoms. The van der Waals surface area contributed by atoms with E-state index in [1.54, 1.807) is 25.5 Å². The van der Waals surface area contributed by atoms with Gasteiger partial charge in [-0.3, -0.25) is 4.99 Å². The Hall–Kier alpha value is -1.53. The first-order chi connectivity index (χ1) is 10.2. The molecular formula is C15H18BrN3OS. The highest BCUT2D eigenvalue weighted by Gasteiger charge is 2.04. The van der Waals surface area contributed by atoms with Crippen molar-refractivity contribution in [2.45, 2.75) is 13.1 Å². The molecule has 0 aliphatic carbocycles. The summed E-state index contributed by atoms with van der Waals surface area (Å²) in [5.74, 6) is 1.65. The Morgan fingerprint density at radius 3 is 2.71 bits per heavy atom. The Balaban J connectivity index is 1.88. The fourth-order valence-corrected chi connectivity index (χ4v) is 3.26. The minimum atomic E-state index is 0.665. The number of guanidine groups is 1. The van der Waals surface area contributed by atoms with Crippen LogP contribution in [0.2, 0.25) is 0 Å². The Kier molecular flexibility index (Phi) is 6.07. The van der Waals surface area contributed by atoms with E-state index in [1.807, 2.05) is 24.3 Å². The van der Waals surface area contributed by atoms with Crippen LogP contribution in [0.15, 0.2) is 45.2 Å². The van der Waals surface area contributed by atoms with E-state index >= 15 is 0 Å². The SMILES string of the molecule is CN=C(NCc1cc(Br)cs1)NCc1ccccc1OC. The van der Waals surface area contributed by atoms with Crippen LogP contribution in [-0.4, -0.2) is 20.1 Å². The van der Waals surface area contributed by atoms with Crippen molar-refractivity contribution >= 4 is 33.2 Å². The lowest BCUT2D eigenvalue weighted by Crippen LogP contribution is -2.36. The highest BCUT2D eigenvalue weighted by Crippen LogP contribution is 2.19. The maximum Gasteiger partial charge on any atom is 0.191 e. The van der Waals surface area contributed by atoms with Crippen molar-refractivity contribution in [2.75, 3.05) is 14.2 Å². The van der Waals surface area contributed by atoms with Crippen LogP contribution in [0.1, 0.15) is 10.4 Å². The normalized spacial score (nSPS) is 11.3. The summed E-state index contributed by atoms with van der Waals surface area (Å²) in [4.78, 5) is 5.48. The summed E-state index contributed by atoms with van der Waals surface area (Å²) >= 11 is 5.17. The molecule has 0 spiro atoms. The van der Waals surface area contributed by atoms with Gasteiger partial charge in [0.1, 0.15) is 5.75 Å². The average molecular weight is 368 g/mol. The maximum absolute atomic E-state index is 5.34. The summed E-state index contributed by atoms with van der Waals surface area (Å²) in [6.45, 7) is 1.42. The Bertz CT molecular complexity index is 612. The first kappa shape index (κ1) is 15.9. The van der Waals surface area contributed by atoms with Crippen molar-refractivity contribution in [3.8, 4) is 5.75 Å². The Morgan fingerprint density at radius 2 is 2.05 bits per heavy atom. The van der Waals surface area contributed by atoms with E-state index < -0.39 is 0 Å². The van der Waals surface area contributed by atoms with E-state index in [-0.39, 0.29) is 0 Å². The van der Waals surface area contributed by atoms with Crippen molar-refractivity contribution in [3.05, 3.63) is 50.6 Å². The number of halogens is 1. The van der Waals surface area contributed by atoms with Gasteiger partial charge in [0.2, 0.25) is 0 Å². The number of rotatable bonds is 5. The van der Waals surface area contributed by atoms with Crippen molar-refractivity contribution < 1.29 is 4.74 Å². The van der Waals surface area contributed by atoms with Crippen LogP contribution in [0.3, 0.4) is 0 Å². The molecule has 0 bridgehead atoms. The van der Waals surface area contributed by atoms with Crippen LogP contribution in [0.25, 0.3) is 0 Å². The van der Waals surface area contributed by atoms with Gasteiger partial charge in [-0.25, -0.2) is 0 Å². The number of methoxy groups -OCH3 is 1. The zero-order valence-electron chi connectivity index (χ0n) is 12.0. The van der Waals surface area contributed by atoms with E-state index in [0.717, 1.165) is 28.3 Å². The summed E-state index contributed by atoms with van der Waals surface area (Å²) < 4.78 is 6.45. The summed E-state index contributed by atoms with van der Waals surface area (Å²) in [6.07, 6.45) is 0. The molecule has 2 N–H and O–H groups in total. The third kappa shape index (κ3) is 4.75. The summed E-state index contributed by atoms with van der Waals surface area (Å²) in [6, 6.07) is 10.1. The van der Waals surface area contributed by atoms with Crippen LogP contribution in [0, 0.1) is 0 Å². The molecule has 0 fully saturated rings. The van der Waals surface area contributed by atoms with Crippen LogP contribution >= 0.6 is 27.3 Å². The number of para-hydroxylation sites is 1. The topological polar surface area (TPSA) is 45.7 Å². The van der Waals surface area contributed by atoms with Gasteiger partial charge in [0.05, 0.1) is 13.7 Å². The molecule has 4 nitrogen and oxygen atoms in total. The van der Waals surface area contributed by atoms with Crippen molar-refractivity contribution in [1.29, 1.82) is 0 Å². The molecular weight excluding hydrogens is 350 g/mol. The average Bonchev–Trinajstić information content (AvgIpc) is 2.93. The maximum atomic E-state index is 5.34. The van der Waals surface area contributed by atoms with E-state index in [1.165, 1.54) is 4.88 Å². The minimum Gasteiger partial charge on any atom is -0.496 e. The van der Waals surface area contributed by atoms with E-state index in [2.05, 4.69) is 43.0 Å². The molecule has 0 saturated heterocycles. The largest absolute Gasteiger partial charge is 0.496 e. The number of benzene rings is 1. The molecule has 6 heteroatoms. The van der Waals surface area contributed by atoms with Gasteiger partial charge >= 0.3 is 0 Å². The van der Waals surface area contributed by atoms with Gasteiger partial charge in [-0.2, -0.15) is 0 Å². The molecule has 0 aliphatic heterocycles. The second-order valence-electron chi connectivity index (χ2n) is 4.32. The minimum absolute atomic E-state index is 0.665. The zero-order chi connectivity index (χ0) is 15.1. The first-order valence-electron chi connectivity index (χ1n) is 6.52. The number of thiophene rings is 1. The number of hydrogen-bond acceptors (Lipinski definition) is 3. The van der Waals surface area contributed by atoms with Crippen LogP contribution < -0.4 is 15.4 Å². The van der Waals surface area contributed by atoms with Crippen LogP contribution in [0.4, 0.5) is 0 Å². The van der Waals surface area contributed by atoms with Gasteiger partial charge < -0.3 is 15.4 Å². The number of nitrogens with one attached hydrogen (secondary N) is 2. The van der Waals surface area contributed by atoms with Gasteiger partial charge in [-0.1, -0.05) is 18.2 Å².